The van der Waals surface area contributed by atoms with E-state index in [1.54, 1.807) is 6.07 Å². The number of halogens is 3. The Morgan fingerprint density at radius 1 is 1.22 bits per heavy atom. The van der Waals surface area contributed by atoms with E-state index in [2.05, 4.69) is 4.98 Å². The summed E-state index contributed by atoms with van der Waals surface area (Å²) in [6.45, 7) is 0. The second-order valence-corrected chi connectivity index (χ2v) is 4.11. The lowest BCUT2D eigenvalue weighted by atomic mass is 10.1. The summed E-state index contributed by atoms with van der Waals surface area (Å²) >= 11 is 11.4. The zero-order valence-corrected chi connectivity index (χ0v) is 10.2. The number of nitro groups is 1. The maximum atomic E-state index is 13.7. The van der Waals surface area contributed by atoms with Gasteiger partial charge in [-0.1, -0.05) is 41.4 Å². The van der Waals surface area contributed by atoms with Crippen LogP contribution in [-0.4, -0.2) is 9.91 Å². The van der Waals surface area contributed by atoms with Gasteiger partial charge in [-0.2, -0.15) is 0 Å². The van der Waals surface area contributed by atoms with E-state index in [-0.39, 0.29) is 21.4 Å². The van der Waals surface area contributed by atoms with Crippen LogP contribution in [0.1, 0.15) is 0 Å². The van der Waals surface area contributed by atoms with Crippen molar-refractivity contribution in [3.8, 4) is 11.1 Å². The Labute approximate surface area is 111 Å². The van der Waals surface area contributed by atoms with Gasteiger partial charge in [0.1, 0.15) is 11.0 Å². The average molecular weight is 287 g/mol. The van der Waals surface area contributed by atoms with Crippen LogP contribution in [0.25, 0.3) is 11.1 Å². The molecule has 2 aromatic rings. The summed E-state index contributed by atoms with van der Waals surface area (Å²) in [6, 6.07) is 6.86. The van der Waals surface area contributed by atoms with Gasteiger partial charge >= 0.3 is 5.69 Å². The Bertz CT molecular complexity index is 634. The normalized spacial score (nSPS) is 10.4. The first-order chi connectivity index (χ1) is 8.50. The van der Waals surface area contributed by atoms with Gasteiger partial charge in [-0.3, -0.25) is 10.1 Å². The first-order valence-corrected chi connectivity index (χ1v) is 5.51. The van der Waals surface area contributed by atoms with Gasteiger partial charge in [-0.05, 0) is 12.1 Å². The van der Waals surface area contributed by atoms with Crippen molar-refractivity contribution in [1.82, 2.24) is 4.98 Å². The second-order valence-electron chi connectivity index (χ2n) is 3.37. The van der Waals surface area contributed by atoms with Crippen molar-refractivity contribution >= 4 is 28.9 Å². The third kappa shape index (κ3) is 2.27. The van der Waals surface area contributed by atoms with Crippen LogP contribution in [0.3, 0.4) is 0 Å². The molecule has 0 fully saturated rings. The maximum Gasteiger partial charge on any atom is 0.314 e. The molecule has 92 valence electrons. The minimum Gasteiger partial charge on any atom is -0.258 e. The van der Waals surface area contributed by atoms with Crippen LogP contribution in [0.5, 0.6) is 0 Å². The van der Waals surface area contributed by atoms with Crippen LogP contribution in [0, 0.1) is 15.9 Å². The molecule has 1 heterocycles. The number of hydrogen-bond acceptors (Lipinski definition) is 3. The summed E-state index contributed by atoms with van der Waals surface area (Å²) in [5.41, 5.74) is -0.412. The molecule has 0 N–H and O–H groups in total. The highest BCUT2D eigenvalue weighted by Crippen LogP contribution is 2.37. The standard InChI is InChI=1S/C11H5Cl2FN2O2/c12-9-5-7(6-3-1-2-4-8(6)14)10(16(17)18)11(13)15-9/h1-5H. The molecule has 18 heavy (non-hydrogen) atoms. The van der Waals surface area contributed by atoms with E-state index in [0.29, 0.717) is 0 Å². The molecule has 4 nitrogen and oxygen atoms in total. The Morgan fingerprint density at radius 3 is 2.50 bits per heavy atom. The summed E-state index contributed by atoms with van der Waals surface area (Å²) in [5.74, 6) is -0.598. The number of nitrogens with zero attached hydrogens (tertiary/aromatic N) is 2. The van der Waals surface area contributed by atoms with Crippen molar-refractivity contribution in [2.24, 2.45) is 0 Å². The van der Waals surface area contributed by atoms with Crippen LogP contribution < -0.4 is 0 Å². The van der Waals surface area contributed by atoms with E-state index < -0.39 is 16.4 Å². The highest BCUT2D eigenvalue weighted by molar-refractivity contribution is 6.34. The van der Waals surface area contributed by atoms with Crippen LogP contribution in [0.2, 0.25) is 10.3 Å². The lowest BCUT2D eigenvalue weighted by Crippen LogP contribution is -1.97. The zero-order valence-electron chi connectivity index (χ0n) is 8.73. The zero-order chi connectivity index (χ0) is 13.3. The molecule has 0 unspecified atom stereocenters. The average Bonchev–Trinajstić information content (AvgIpc) is 2.27. The van der Waals surface area contributed by atoms with Gasteiger partial charge in [0.2, 0.25) is 5.15 Å². The molecular formula is C11H5Cl2FN2O2. The summed E-state index contributed by atoms with van der Waals surface area (Å²) in [4.78, 5) is 13.8. The molecule has 1 aromatic heterocycles. The van der Waals surface area contributed by atoms with E-state index in [4.69, 9.17) is 23.2 Å². The fourth-order valence-electron chi connectivity index (χ4n) is 1.54. The highest BCUT2D eigenvalue weighted by Gasteiger charge is 2.24. The molecule has 0 aliphatic carbocycles. The topological polar surface area (TPSA) is 56.0 Å². The molecule has 0 aliphatic heterocycles. The minimum absolute atomic E-state index is 0.00287. The molecule has 7 heteroatoms. The summed E-state index contributed by atoms with van der Waals surface area (Å²) in [6.07, 6.45) is 0. The second kappa shape index (κ2) is 4.88. The molecule has 0 saturated carbocycles. The van der Waals surface area contributed by atoms with Gasteiger partial charge in [-0.15, -0.1) is 0 Å². The number of hydrogen-bond donors (Lipinski definition) is 0. The van der Waals surface area contributed by atoms with Crippen LogP contribution in [-0.2, 0) is 0 Å². The van der Waals surface area contributed by atoms with Crippen LogP contribution >= 0.6 is 23.2 Å². The number of benzene rings is 1. The molecular weight excluding hydrogens is 282 g/mol. The van der Waals surface area contributed by atoms with Gasteiger partial charge in [0.05, 0.1) is 10.5 Å². The van der Waals surface area contributed by atoms with Crippen LogP contribution in [0.15, 0.2) is 30.3 Å². The van der Waals surface area contributed by atoms with E-state index in [0.717, 1.165) is 0 Å². The SMILES string of the molecule is O=[N+]([O-])c1c(-c2ccccc2F)cc(Cl)nc1Cl. The summed E-state index contributed by atoms with van der Waals surface area (Å²) < 4.78 is 13.7. The predicted molar refractivity (Wildman–Crippen MR) is 66.3 cm³/mol. The quantitative estimate of drug-likeness (QED) is 0.474. The largest absolute Gasteiger partial charge is 0.314 e. The van der Waals surface area contributed by atoms with E-state index >= 15 is 0 Å². The van der Waals surface area contributed by atoms with E-state index in [1.807, 2.05) is 0 Å². The molecule has 0 aliphatic rings. The summed E-state index contributed by atoms with van der Waals surface area (Å²) in [7, 11) is 0. The molecule has 0 radical (unpaired) electrons. The number of pyridine rings is 1. The molecule has 0 amide bonds. The van der Waals surface area contributed by atoms with Gasteiger partial charge in [-0.25, -0.2) is 9.37 Å². The number of rotatable bonds is 2. The van der Waals surface area contributed by atoms with E-state index in [1.165, 1.54) is 24.3 Å². The van der Waals surface area contributed by atoms with Crippen molar-refractivity contribution in [2.45, 2.75) is 0 Å². The van der Waals surface area contributed by atoms with Gasteiger partial charge < -0.3 is 0 Å². The molecule has 0 saturated heterocycles. The molecule has 0 atom stereocenters. The fourth-order valence-corrected chi connectivity index (χ4v) is 2.03. The van der Waals surface area contributed by atoms with Crippen molar-refractivity contribution in [1.29, 1.82) is 0 Å². The van der Waals surface area contributed by atoms with Crippen LogP contribution in [0.4, 0.5) is 10.1 Å². The Kier molecular flexibility index (Phi) is 3.45. The lowest BCUT2D eigenvalue weighted by Gasteiger charge is -2.06. The van der Waals surface area contributed by atoms with Crippen molar-refractivity contribution in [3.63, 3.8) is 0 Å². The number of aromatic nitrogens is 1. The minimum atomic E-state index is -0.715. The smallest absolute Gasteiger partial charge is 0.258 e. The van der Waals surface area contributed by atoms with Gasteiger partial charge in [0, 0.05) is 5.56 Å². The first kappa shape index (κ1) is 12.7. The molecule has 0 bridgehead atoms. The lowest BCUT2D eigenvalue weighted by molar-refractivity contribution is -0.384. The molecule has 1 aromatic carbocycles. The maximum absolute atomic E-state index is 13.7. The van der Waals surface area contributed by atoms with E-state index in [9.17, 15) is 14.5 Å². The van der Waals surface area contributed by atoms with Crippen molar-refractivity contribution in [2.75, 3.05) is 0 Å². The fraction of sp³-hybridized carbons (Fsp3) is 0. The first-order valence-electron chi connectivity index (χ1n) is 4.76. The third-order valence-corrected chi connectivity index (χ3v) is 2.72. The van der Waals surface area contributed by atoms with Crippen molar-refractivity contribution < 1.29 is 9.31 Å². The predicted octanol–water partition coefficient (Wildman–Crippen LogP) is 4.10. The Hall–Kier alpha value is -1.72. The Balaban J connectivity index is 2.78. The Morgan fingerprint density at radius 2 is 1.89 bits per heavy atom. The van der Waals surface area contributed by atoms with Crippen molar-refractivity contribution in [3.05, 3.63) is 56.6 Å². The van der Waals surface area contributed by atoms with Gasteiger partial charge in [0.15, 0.2) is 0 Å². The monoisotopic (exact) mass is 286 g/mol. The molecule has 2 rings (SSSR count). The highest BCUT2D eigenvalue weighted by atomic mass is 35.5. The summed E-state index contributed by atoms with van der Waals surface area (Å²) in [5, 5.41) is 10.5. The third-order valence-electron chi connectivity index (χ3n) is 2.27. The van der Waals surface area contributed by atoms with Gasteiger partial charge in [0.25, 0.3) is 0 Å². The molecule has 0 spiro atoms.